The minimum Gasteiger partial charge on any atom is -0.464 e. The quantitative estimate of drug-likeness (QED) is 0.365. The van der Waals surface area contributed by atoms with Gasteiger partial charge in [-0.25, -0.2) is 9.48 Å². The van der Waals surface area contributed by atoms with Crippen LogP contribution in [0.4, 0.5) is 0 Å². The Morgan fingerprint density at radius 3 is 2.10 bits per heavy atom. The average molecular weight is 412 g/mol. The van der Waals surface area contributed by atoms with Gasteiger partial charge >= 0.3 is 5.97 Å². The average Bonchev–Trinajstić information content (AvgIpc) is 3.25. The number of esters is 1. The van der Waals surface area contributed by atoms with Crippen molar-refractivity contribution >= 4 is 5.97 Å². The summed E-state index contributed by atoms with van der Waals surface area (Å²) in [5.74, 6) is 1.09. The number of carbonyl (C=O) groups is 1. The molecular formula is C26H24N2O3. The second kappa shape index (κ2) is 8.88. The minimum absolute atomic E-state index is 0.373. The van der Waals surface area contributed by atoms with Crippen molar-refractivity contribution in [1.82, 2.24) is 9.78 Å². The van der Waals surface area contributed by atoms with E-state index in [0.29, 0.717) is 11.4 Å². The van der Waals surface area contributed by atoms with Gasteiger partial charge in [0.15, 0.2) is 5.69 Å². The van der Waals surface area contributed by atoms with Gasteiger partial charge in [-0.3, -0.25) is 0 Å². The first kappa shape index (κ1) is 20.4. The monoisotopic (exact) mass is 412 g/mol. The summed E-state index contributed by atoms with van der Waals surface area (Å²) in [5, 5.41) is 4.66. The summed E-state index contributed by atoms with van der Waals surface area (Å²) >= 11 is 0. The Hall–Kier alpha value is -3.86. The van der Waals surface area contributed by atoms with Crippen molar-refractivity contribution in [2.45, 2.75) is 20.3 Å². The van der Waals surface area contributed by atoms with Crippen molar-refractivity contribution in [1.29, 1.82) is 0 Å². The molecule has 0 fully saturated rings. The molecule has 4 rings (SSSR count). The van der Waals surface area contributed by atoms with Gasteiger partial charge in [0.25, 0.3) is 0 Å². The molecule has 0 N–H and O–H groups in total. The molecule has 0 amide bonds. The summed E-state index contributed by atoms with van der Waals surface area (Å²) in [6, 6.07) is 25.3. The Kier molecular flexibility index (Phi) is 5.85. The number of rotatable bonds is 6. The number of aryl methyl sites for hydroxylation is 2. The maximum Gasteiger partial charge on any atom is 0.356 e. The van der Waals surface area contributed by atoms with Crippen LogP contribution in [0.2, 0.25) is 0 Å². The summed E-state index contributed by atoms with van der Waals surface area (Å²) in [4.78, 5) is 12.3. The molecule has 0 unspecified atom stereocenters. The Bertz CT molecular complexity index is 1180. The number of aromatic nitrogens is 2. The molecule has 5 heteroatoms. The van der Waals surface area contributed by atoms with E-state index >= 15 is 0 Å². The zero-order chi connectivity index (χ0) is 21.8. The lowest BCUT2D eigenvalue weighted by molar-refractivity contribution is 0.0590. The largest absolute Gasteiger partial charge is 0.464 e. The molecule has 3 aromatic carbocycles. The number of benzene rings is 3. The fraction of sp³-hybridized carbons (Fsp3) is 0.154. The first-order chi connectivity index (χ1) is 15.1. The number of carbonyl (C=O) groups excluding carboxylic acids is 1. The van der Waals surface area contributed by atoms with Gasteiger partial charge < -0.3 is 9.47 Å². The Balaban J connectivity index is 1.61. The van der Waals surface area contributed by atoms with Crippen LogP contribution in [0.1, 0.15) is 28.5 Å². The lowest BCUT2D eigenvalue weighted by Gasteiger charge is -2.07. The topological polar surface area (TPSA) is 53.4 Å². The predicted octanol–water partition coefficient (Wildman–Crippen LogP) is 5.99. The molecule has 0 aliphatic rings. The molecular weight excluding hydrogens is 388 g/mol. The molecule has 5 nitrogen and oxygen atoms in total. The highest BCUT2D eigenvalue weighted by Crippen LogP contribution is 2.27. The Morgan fingerprint density at radius 2 is 1.52 bits per heavy atom. The fourth-order valence-corrected chi connectivity index (χ4v) is 3.28. The first-order valence-electron chi connectivity index (χ1n) is 10.2. The zero-order valence-corrected chi connectivity index (χ0v) is 17.8. The highest BCUT2D eigenvalue weighted by atomic mass is 16.5. The molecule has 31 heavy (non-hydrogen) atoms. The molecule has 156 valence electrons. The molecule has 4 aromatic rings. The summed E-state index contributed by atoms with van der Waals surface area (Å²) in [7, 11) is 1.37. The van der Waals surface area contributed by atoms with E-state index < -0.39 is 5.97 Å². The molecule has 0 saturated carbocycles. The van der Waals surface area contributed by atoms with Gasteiger partial charge in [0.1, 0.15) is 11.5 Å². The van der Waals surface area contributed by atoms with Gasteiger partial charge in [-0.15, -0.1) is 0 Å². The third-order valence-corrected chi connectivity index (χ3v) is 5.10. The van der Waals surface area contributed by atoms with Gasteiger partial charge in [-0.2, -0.15) is 5.10 Å². The van der Waals surface area contributed by atoms with Crippen LogP contribution in [0.5, 0.6) is 11.5 Å². The van der Waals surface area contributed by atoms with Gasteiger partial charge in [0.05, 0.1) is 18.5 Å². The van der Waals surface area contributed by atoms with E-state index in [4.69, 9.17) is 9.47 Å². The number of nitrogens with zero attached hydrogens (tertiary/aromatic N) is 2. The number of ether oxygens (including phenoxy) is 2. The zero-order valence-electron chi connectivity index (χ0n) is 17.8. The van der Waals surface area contributed by atoms with Crippen molar-refractivity contribution in [2.24, 2.45) is 0 Å². The van der Waals surface area contributed by atoms with Crippen LogP contribution in [0.25, 0.3) is 16.9 Å². The number of methoxy groups -OCH3 is 1. The van der Waals surface area contributed by atoms with Crippen molar-refractivity contribution in [3.05, 3.63) is 95.7 Å². The van der Waals surface area contributed by atoms with Crippen LogP contribution in [-0.2, 0) is 11.2 Å². The lowest BCUT2D eigenvalue weighted by Crippen LogP contribution is -2.10. The minimum atomic E-state index is -0.435. The Morgan fingerprint density at radius 1 is 0.903 bits per heavy atom. The highest BCUT2D eigenvalue weighted by molar-refractivity contribution is 5.89. The molecule has 0 atom stereocenters. The molecule has 0 spiro atoms. The smallest absolute Gasteiger partial charge is 0.356 e. The molecule has 0 bridgehead atoms. The SMILES string of the molecule is CCc1ccc(Oc2ccc(-c3cc(C(=O)OC)n(-c4ccc(C)cc4)n3)cc2)cc1. The van der Waals surface area contributed by atoms with Crippen LogP contribution in [0, 0.1) is 6.92 Å². The van der Waals surface area contributed by atoms with E-state index in [2.05, 4.69) is 24.2 Å². The van der Waals surface area contributed by atoms with Crippen LogP contribution < -0.4 is 4.74 Å². The lowest BCUT2D eigenvalue weighted by atomic mass is 10.1. The number of hydrogen-bond acceptors (Lipinski definition) is 4. The second-order valence-electron chi connectivity index (χ2n) is 7.28. The van der Waals surface area contributed by atoms with E-state index in [9.17, 15) is 4.79 Å². The van der Waals surface area contributed by atoms with Crippen LogP contribution in [0.15, 0.2) is 78.9 Å². The third kappa shape index (κ3) is 4.51. The maximum atomic E-state index is 12.3. The van der Waals surface area contributed by atoms with Crippen LogP contribution in [0.3, 0.4) is 0 Å². The fourth-order valence-electron chi connectivity index (χ4n) is 3.28. The van der Waals surface area contributed by atoms with E-state index in [0.717, 1.165) is 34.7 Å². The predicted molar refractivity (Wildman–Crippen MR) is 121 cm³/mol. The summed E-state index contributed by atoms with van der Waals surface area (Å²) in [5.41, 5.74) is 5.14. The van der Waals surface area contributed by atoms with Gasteiger partial charge in [-0.1, -0.05) is 36.8 Å². The van der Waals surface area contributed by atoms with E-state index in [1.54, 1.807) is 10.7 Å². The molecule has 0 aliphatic heterocycles. The van der Waals surface area contributed by atoms with Crippen molar-refractivity contribution in [2.75, 3.05) is 7.11 Å². The number of hydrogen-bond donors (Lipinski definition) is 0. The summed E-state index contributed by atoms with van der Waals surface area (Å²) in [6.07, 6.45) is 0.998. The van der Waals surface area contributed by atoms with Gasteiger partial charge in [0.2, 0.25) is 0 Å². The standard InChI is InChI=1S/C26H24N2O3/c1-4-19-7-13-22(14-8-19)31-23-15-9-20(10-16-23)24-17-25(26(29)30-3)28(27-24)21-11-5-18(2)6-12-21/h5-17H,4H2,1-3H3. The van der Waals surface area contributed by atoms with E-state index in [-0.39, 0.29) is 0 Å². The molecule has 1 aromatic heterocycles. The third-order valence-electron chi connectivity index (χ3n) is 5.10. The molecule has 1 heterocycles. The van der Waals surface area contributed by atoms with E-state index in [1.807, 2.05) is 67.6 Å². The second-order valence-corrected chi connectivity index (χ2v) is 7.28. The van der Waals surface area contributed by atoms with Crippen LogP contribution in [-0.4, -0.2) is 22.9 Å². The van der Waals surface area contributed by atoms with Crippen molar-refractivity contribution < 1.29 is 14.3 Å². The van der Waals surface area contributed by atoms with E-state index in [1.165, 1.54) is 12.7 Å². The van der Waals surface area contributed by atoms with Crippen molar-refractivity contribution in [3.63, 3.8) is 0 Å². The summed E-state index contributed by atoms with van der Waals surface area (Å²) < 4.78 is 12.5. The van der Waals surface area contributed by atoms with Crippen molar-refractivity contribution in [3.8, 4) is 28.4 Å². The Labute approximate surface area is 181 Å². The normalized spacial score (nSPS) is 10.7. The molecule has 0 saturated heterocycles. The first-order valence-corrected chi connectivity index (χ1v) is 10.2. The summed E-state index contributed by atoms with van der Waals surface area (Å²) in [6.45, 7) is 4.14. The van der Waals surface area contributed by atoms with Crippen LogP contribution >= 0.6 is 0 Å². The van der Waals surface area contributed by atoms with Gasteiger partial charge in [0, 0.05) is 5.56 Å². The molecule has 0 aliphatic carbocycles. The maximum absolute atomic E-state index is 12.3. The molecule has 0 radical (unpaired) electrons. The van der Waals surface area contributed by atoms with Gasteiger partial charge in [-0.05, 0) is 73.5 Å². The highest BCUT2D eigenvalue weighted by Gasteiger charge is 2.18.